The van der Waals surface area contributed by atoms with Crippen LogP contribution in [0.5, 0.6) is 0 Å². The van der Waals surface area contributed by atoms with E-state index in [1.54, 1.807) is 6.26 Å². The van der Waals surface area contributed by atoms with Crippen LogP contribution in [0.4, 0.5) is 0 Å². The molecule has 0 aliphatic rings. The maximum Gasteiger partial charge on any atom is 0.108 e. The maximum atomic E-state index is 5.51. The van der Waals surface area contributed by atoms with E-state index in [0.717, 1.165) is 18.6 Å². The van der Waals surface area contributed by atoms with Crippen molar-refractivity contribution in [2.24, 2.45) is 0 Å². The summed E-state index contributed by atoms with van der Waals surface area (Å²) in [6.07, 6.45) is 3.71. The summed E-state index contributed by atoms with van der Waals surface area (Å²) in [4.78, 5) is 0. The highest BCUT2D eigenvalue weighted by atomic mass is 127. The molecule has 0 aliphatic heterocycles. The van der Waals surface area contributed by atoms with E-state index in [1.165, 1.54) is 14.7 Å². The number of hydrogen-bond acceptors (Lipinski definition) is 2. The van der Waals surface area contributed by atoms with Crippen LogP contribution in [0.2, 0.25) is 0 Å². The van der Waals surface area contributed by atoms with E-state index >= 15 is 0 Å². The number of halogens is 1. The van der Waals surface area contributed by atoms with Crippen LogP contribution in [0.1, 0.15) is 29.9 Å². The van der Waals surface area contributed by atoms with Gasteiger partial charge in [0, 0.05) is 21.6 Å². The van der Waals surface area contributed by atoms with Crippen molar-refractivity contribution >= 4 is 22.6 Å². The minimum atomic E-state index is 0.318. The van der Waals surface area contributed by atoms with E-state index in [9.17, 15) is 0 Å². The molecule has 1 unspecified atom stereocenters. The monoisotopic (exact) mass is 355 g/mol. The number of rotatable bonds is 5. The van der Waals surface area contributed by atoms with Crippen molar-refractivity contribution in [3.8, 4) is 0 Å². The second-order valence-electron chi connectivity index (χ2n) is 4.32. The SMILES string of the molecule is CCc1occc1C(Cc1ccc(I)cc1)NC. The van der Waals surface area contributed by atoms with E-state index in [1.807, 2.05) is 7.05 Å². The molecule has 2 aromatic rings. The zero-order valence-corrected chi connectivity index (χ0v) is 12.9. The summed E-state index contributed by atoms with van der Waals surface area (Å²) in [5, 5.41) is 3.38. The molecule has 0 saturated carbocycles. The van der Waals surface area contributed by atoms with Crippen molar-refractivity contribution in [2.45, 2.75) is 25.8 Å². The Morgan fingerprint density at radius 3 is 2.56 bits per heavy atom. The zero-order chi connectivity index (χ0) is 13.0. The minimum absolute atomic E-state index is 0.318. The Bertz CT molecular complexity index is 489. The number of likely N-dealkylation sites (N-methyl/N-ethyl adjacent to an activating group) is 1. The molecular weight excluding hydrogens is 337 g/mol. The van der Waals surface area contributed by atoms with E-state index in [4.69, 9.17) is 4.42 Å². The second-order valence-corrected chi connectivity index (χ2v) is 5.57. The van der Waals surface area contributed by atoms with Crippen molar-refractivity contribution in [3.63, 3.8) is 0 Å². The van der Waals surface area contributed by atoms with E-state index < -0.39 is 0 Å². The molecule has 0 amide bonds. The van der Waals surface area contributed by atoms with Crippen LogP contribution < -0.4 is 5.32 Å². The first-order valence-electron chi connectivity index (χ1n) is 6.22. The van der Waals surface area contributed by atoms with E-state index in [0.29, 0.717) is 6.04 Å². The fraction of sp³-hybridized carbons (Fsp3) is 0.333. The summed E-state index contributed by atoms with van der Waals surface area (Å²) < 4.78 is 6.79. The summed E-state index contributed by atoms with van der Waals surface area (Å²) in [6.45, 7) is 2.12. The summed E-state index contributed by atoms with van der Waals surface area (Å²) in [5.41, 5.74) is 2.62. The zero-order valence-electron chi connectivity index (χ0n) is 10.7. The Morgan fingerprint density at radius 2 is 1.94 bits per heavy atom. The molecule has 1 atom stereocenters. The molecule has 0 bridgehead atoms. The molecule has 0 radical (unpaired) electrons. The third-order valence-corrected chi connectivity index (χ3v) is 3.90. The quantitative estimate of drug-likeness (QED) is 0.822. The lowest BCUT2D eigenvalue weighted by molar-refractivity contribution is 0.495. The van der Waals surface area contributed by atoms with Gasteiger partial charge in [0.25, 0.3) is 0 Å². The van der Waals surface area contributed by atoms with Gasteiger partial charge in [-0.25, -0.2) is 0 Å². The smallest absolute Gasteiger partial charge is 0.108 e. The van der Waals surface area contributed by atoms with E-state index in [-0.39, 0.29) is 0 Å². The van der Waals surface area contributed by atoms with Crippen molar-refractivity contribution < 1.29 is 4.42 Å². The molecule has 18 heavy (non-hydrogen) atoms. The van der Waals surface area contributed by atoms with Gasteiger partial charge in [0.2, 0.25) is 0 Å². The minimum Gasteiger partial charge on any atom is -0.469 e. The molecule has 0 fully saturated rings. The van der Waals surface area contributed by atoms with Gasteiger partial charge < -0.3 is 9.73 Å². The van der Waals surface area contributed by atoms with Gasteiger partial charge in [-0.15, -0.1) is 0 Å². The first-order valence-corrected chi connectivity index (χ1v) is 7.30. The molecule has 1 N–H and O–H groups in total. The van der Waals surface area contributed by atoms with Crippen molar-refractivity contribution in [3.05, 3.63) is 57.1 Å². The van der Waals surface area contributed by atoms with Gasteiger partial charge in [-0.05, 0) is 59.8 Å². The first-order chi connectivity index (χ1) is 8.74. The molecule has 0 saturated heterocycles. The number of furan rings is 1. The van der Waals surface area contributed by atoms with Gasteiger partial charge in [0.05, 0.1) is 6.26 Å². The molecule has 96 valence electrons. The number of nitrogens with one attached hydrogen (secondary N) is 1. The average molecular weight is 355 g/mol. The molecule has 1 aromatic heterocycles. The van der Waals surface area contributed by atoms with Gasteiger partial charge in [-0.1, -0.05) is 19.1 Å². The van der Waals surface area contributed by atoms with Crippen LogP contribution in [-0.2, 0) is 12.8 Å². The average Bonchev–Trinajstić information content (AvgIpc) is 2.86. The van der Waals surface area contributed by atoms with Crippen LogP contribution in [0.15, 0.2) is 41.0 Å². The largest absolute Gasteiger partial charge is 0.469 e. The highest BCUT2D eigenvalue weighted by Crippen LogP contribution is 2.23. The second kappa shape index (κ2) is 6.38. The fourth-order valence-electron chi connectivity index (χ4n) is 2.17. The molecular formula is C15H18INO. The van der Waals surface area contributed by atoms with Crippen LogP contribution >= 0.6 is 22.6 Å². The van der Waals surface area contributed by atoms with Crippen LogP contribution in [0.3, 0.4) is 0 Å². The number of hydrogen-bond donors (Lipinski definition) is 1. The van der Waals surface area contributed by atoms with Gasteiger partial charge in [0.15, 0.2) is 0 Å². The Morgan fingerprint density at radius 1 is 1.22 bits per heavy atom. The third kappa shape index (κ3) is 3.14. The number of benzene rings is 1. The normalized spacial score (nSPS) is 12.6. The molecule has 0 aliphatic carbocycles. The Balaban J connectivity index is 2.17. The van der Waals surface area contributed by atoms with Gasteiger partial charge in [0.1, 0.15) is 5.76 Å². The van der Waals surface area contributed by atoms with Crippen molar-refractivity contribution in [2.75, 3.05) is 7.05 Å². The highest BCUT2D eigenvalue weighted by molar-refractivity contribution is 14.1. The van der Waals surface area contributed by atoms with E-state index in [2.05, 4.69) is 65.2 Å². The van der Waals surface area contributed by atoms with Crippen LogP contribution in [-0.4, -0.2) is 7.05 Å². The maximum absolute atomic E-state index is 5.51. The highest BCUT2D eigenvalue weighted by Gasteiger charge is 2.15. The molecule has 1 aromatic carbocycles. The Labute approximate surface area is 122 Å². The first kappa shape index (κ1) is 13.6. The van der Waals surface area contributed by atoms with Gasteiger partial charge >= 0.3 is 0 Å². The molecule has 2 nitrogen and oxygen atoms in total. The topological polar surface area (TPSA) is 25.2 Å². The standard InChI is InChI=1S/C15H18INO/c1-3-15-13(8-9-18-15)14(17-2)10-11-4-6-12(16)7-5-11/h4-9,14,17H,3,10H2,1-2H3. The molecule has 2 rings (SSSR count). The predicted molar refractivity (Wildman–Crippen MR) is 82.7 cm³/mol. The lowest BCUT2D eigenvalue weighted by Gasteiger charge is -2.16. The summed E-state index contributed by atoms with van der Waals surface area (Å²) in [6, 6.07) is 11.1. The Kier molecular flexibility index (Phi) is 4.83. The molecule has 3 heteroatoms. The van der Waals surface area contributed by atoms with Gasteiger partial charge in [-0.2, -0.15) is 0 Å². The summed E-state index contributed by atoms with van der Waals surface area (Å²) >= 11 is 2.33. The third-order valence-electron chi connectivity index (χ3n) is 3.18. The molecule has 1 heterocycles. The van der Waals surface area contributed by atoms with Gasteiger partial charge in [-0.3, -0.25) is 0 Å². The van der Waals surface area contributed by atoms with Crippen molar-refractivity contribution in [1.29, 1.82) is 0 Å². The molecule has 0 spiro atoms. The fourth-order valence-corrected chi connectivity index (χ4v) is 2.53. The summed E-state index contributed by atoms with van der Waals surface area (Å²) in [7, 11) is 2.00. The summed E-state index contributed by atoms with van der Waals surface area (Å²) in [5.74, 6) is 1.08. The van der Waals surface area contributed by atoms with Crippen LogP contribution in [0.25, 0.3) is 0 Å². The predicted octanol–water partition coefficient (Wildman–Crippen LogP) is 3.95. The van der Waals surface area contributed by atoms with Crippen LogP contribution in [0, 0.1) is 3.57 Å². The lowest BCUT2D eigenvalue weighted by Crippen LogP contribution is -2.19. The Hall–Kier alpha value is -0.810. The van der Waals surface area contributed by atoms with Crippen molar-refractivity contribution in [1.82, 2.24) is 5.32 Å². The number of aryl methyl sites for hydroxylation is 1. The lowest BCUT2D eigenvalue weighted by atomic mass is 9.99.